The molecule has 6 heteroatoms. The second kappa shape index (κ2) is 8.99. The van der Waals surface area contributed by atoms with E-state index in [1.54, 1.807) is 13.3 Å². The van der Waals surface area contributed by atoms with Crippen molar-refractivity contribution in [2.75, 3.05) is 20.2 Å². The average molecular weight is 390 g/mol. The number of rotatable bonds is 6. The standard InChI is InChI=1S/C14H22N4O.HI/c1-3-15-14(17-8-11-4-5-11)18-10-12-6-7-13(19-2)16-9-12;/h6-7,9,11H,3-5,8,10H2,1-2H3,(H2,15,17,18);1H. The van der Waals surface area contributed by atoms with Crippen LogP contribution in [-0.4, -0.2) is 31.1 Å². The first kappa shape index (κ1) is 17.0. The van der Waals surface area contributed by atoms with Gasteiger partial charge in [-0.15, -0.1) is 24.0 Å². The van der Waals surface area contributed by atoms with Gasteiger partial charge in [-0.25, -0.2) is 9.98 Å². The molecule has 0 aromatic carbocycles. The van der Waals surface area contributed by atoms with Crippen LogP contribution in [0.1, 0.15) is 25.3 Å². The Hall–Kier alpha value is -1.05. The third-order valence-corrected chi connectivity index (χ3v) is 3.03. The number of hydrogen-bond acceptors (Lipinski definition) is 3. The molecule has 2 rings (SSSR count). The second-order valence-corrected chi connectivity index (χ2v) is 4.73. The molecule has 2 N–H and O–H groups in total. The molecule has 0 spiro atoms. The van der Waals surface area contributed by atoms with Crippen molar-refractivity contribution in [1.29, 1.82) is 0 Å². The number of aromatic nitrogens is 1. The smallest absolute Gasteiger partial charge is 0.212 e. The van der Waals surface area contributed by atoms with Gasteiger partial charge in [0, 0.05) is 25.4 Å². The van der Waals surface area contributed by atoms with Crippen molar-refractivity contribution in [2.45, 2.75) is 26.3 Å². The quantitative estimate of drug-likeness (QED) is 0.444. The maximum Gasteiger partial charge on any atom is 0.212 e. The Bertz CT molecular complexity index is 418. The maximum absolute atomic E-state index is 5.03. The van der Waals surface area contributed by atoms with E-state index in [1.165, 1.54) is 12.8 Å². The third kappa shape index (κ3) is 5.94. The topological polar surface area (TPSA) is 58.5 Å². The maximum atomic E-state index is 5.03. The Balaban J connectivity index is 0.00000200. The molecule has 1 aromatic rings. The highest BCUT2D eigenvalue weighted by Crippen LogP contribution is 2.27. The molecule has 1 heterocycles. The van der Waals surface area contributed by atoms with E-state index >= 15 is 0 Å². The zero-order valence-electron chi connectivity index (χ0n) is 12.1. The number of nitrogens with one attached hydrogen (secondary N) is 2. The van der Waals surface area contributed by atoms with Gasteiger partial charge < -0.3 is 15.4 Å². The molecule has 1 aliphatic carbocycles. The minimum atomic E-state index is 0. The van der Waals surface area contributed by atoms with E-state index in [4.69, 9.17) is 4.74 Å². The van der Waals surface area contributed by atoms with Crippen molar-refractivity contribution in [2.24, 2.45) is 10.9 Å². The highest BCUT2D eigenvalue weighted by atomic mass is 127. The molecule has 1 aliphatic rings. The van der Waals surface area contributed by atoms with Gasteiger partial charge >= 0.3 is 0 Å². The minimum absolute atomic E-state index is 0. The van der Waals surface area contributed by atoms with Crippen LogP contribution in [0.25, 0.3) is 0 Å². The highest BCUT2D eigenvalue weighted by molar-refractivity contribution is 14.0. The van der Waals surface area contributed by atoms with E-state index in [0.29, 0.717) is 12.4 Å². The largest absolute Gasteiger partial charge is 0.481 e. The van der Waals surface area contributed by atoms with Crippen molar-refractivity contribution >= 4 is 29.9 Å². The van der Waals surface area contributed by atoms with E-state index in [9.17, 15) is 0 Å². The molecule has 20 heavy (non-hydrogen) atoms. The van der Waals surface area contributed by atoms with Gasteiger partial charge in [0.1, 0.15) is 0 Å². The van der Waals surface area contributed by atoms with Gasteiger partial charge in [-0.2, -0.15) is 0 Å². The van der Waals surface area contributed by atoms with E-state index in [0.717, 1.165) is 30.5 Å². The molecule has 0 unspecified atom stereocenters. The van der Waals surface area contributed by atoms with E-state index in [1.807, 2.05) is 12.1 Å². The van der Waals surface area contributed by atoms with Gasteiger partial charge in [-0.05, 0) is 31.2 Å². The van der Waals surface area contributed by atoms with Crippen molar-refractivity contribution in [3.63, 3.8) is 0 Å². The molecule has 5 nitrogen and oxygen atoms in total. The van der Waals surface area contributed by atoms with E-state index in [2.05, 4.69) is 27.5 Å². The summed E-state index contributed by atoms with van der Waals surface area (Å²) in [5, 5.41) is 6.62. The summed E-state index contributed by atoms with van der Waals surface area (Å²) in [6.07, 6.45) is 4.48. The molecule has 0 amide bonds. The number of nitrogens with zero attached hydrogens (tertiary/aromatic N) is 2. The monoisotopic (exact) mass is 390 g/mol. The molecule has 0 aliphatic heterocycles. The summed E-state index contributed by atoms with van der Waals surface area (Å²) in [5.41, 5.74) is 1.07. The van der Waals surface area contributed by atoms with Crippen molar-refractivity contribution in [3.05, 3.63) is 23.9 Å². The van der Waals surface area contributed by atoms with E-state index < -0.39 is 0 Å². The Morgan fingerprint density at radius 2 is 2.20 bits per heavy atom. The average Bonchev–Trinajstić information content (AvgIpc) is 3.26. The number of pyridine rings is 1. The molecule has 112 valence electrons. The molecule has 0 atom stereocenters. The Labute approximate surface area is 137 Å². The van der Waals surface area contributed by atoms with Gasteiger partial charge in [0.25, 0.3) is 0 Å². The SMILES string of the molecule is CCNC(=NCc1ccc(OC)nc1)NCC1CC1.I. The van der Waals surface area contributed by atoms with Crippen molar-refractivity contribution < 1.29 is 4.74 Å². The predicted molar refractivity (Wildman–Crippen MR) is 91.7 cm³/mol. The molecule has 1 saturated carbocycles. The molecule has 1 aromatic heterocycles. The van der Waals surface area contributed by atoms with Crippen LogP contribution in [0.15, 0.2) is 23.3 Å². The number of ether oxygens (including phenoxy) is 1. The Morgan fingerprint density at radius 3 is 2.75 bits per heavy atom. The number of halogens is 1. The summed E-state index contributed by atoms with van der Waals surface area (Å²) in [7, 11) is 1.62. The van der Waals surface area contributed by atoms with Crippen molar-refractivity contribution in [3.8, 4) is 5.88 Å². The van der Waals surface area contributed by atoms with Gasteiger partial charge in [0.2, 0.25) is 5.88 Å². The van der Waals surface area contributed by atoms with Crippen LogP contribution in [0.5, 0.6) is 5.88 Å². The Kier molecular flexibility index (Phi) is 7.64. The fourth-order valence-electron chi connectivity index (χ4n) is 1.70. The lowest BCUT2D eigenvalue weighted by atomic mass is 10.3. The van der Waals surface area contributed by atoms with Crippen LogP contribution in [0.3, 0.4) is 0 Å². The predicted octanol–water partition coefficient (Wildman–Crippen LogP) is 2.17. The fraction of sp³-hybridized carbons (Fsp3) is 0.571. The van der Waals surface area contributed by atoms with E-state index in [-0.39, 0.29) is 24.0 Å². The number of guanidine groups is 1. The summed E-state index contributed by atoms with van der Waals surface area (Å²) >= 11 is 0. The van der Waals surface area contributed by atoms with Crippen LogP contribution in [0, 0.1) is 5.92 Å². The normalized spacial score (nSPS) is 14.4. The molecule has 0 radical (unpaired) electrons. The van der Waals surface area contributed by atoms with Crippen LogP contribution in [0.2, 0.25) is 0 Å². The van der Waals surface area contributed by atoms with Gasteiger partial charge in [0.05, 0.1) is 13.7 Å². The molecular weight excluding hydrogens is 367 g/mol. The molecule has 1 fully saturated rings. The zero-order valence-corrected chi connectivity index (χ0v) is 14.4. The van der Waals surface area contributed by atoms with Gasteiger partial charge in [-0.3, -0.25) is 0 Å². The molecular formula is C14H23IN4O. The number of methoxy groups -OCH3 is 1. The van der Waals surface area contributed by atoms with Gasteiger partial charge in [-0.1, -0.05) is 6.07 Å². The summed E-state index contributed by atoms with van der Waals surface area (Å²) in [5.74, 6) is 2.35. The highest BCUT2D eigenvalue weighted by Gasteiger charge is 2.20. The molecule has 0 bridgehead atoms. The number of hydrogen-bond donors (Lipinski definition) is 2. The first-order valence-corrected chi connectivity index (χ1v) is 6.83. The lowest BCUT2D eigenvalue weighted by molar-refractivity contribution is 0.397. The molecule has 0 saturated heterocycles. The first-order chi connectivity index (χ1) is 9.31. The van der Waals surface area contributed by atoms with Crippen LogP contribution >= 0.6 is 24.0 Å². The summed E-state index contributed by atoms with van der Waals surface area (Å²) < 4.78 is 5.03. The van der Waals surface area contributed by atoms with Crippen LogP contribution < -0.4 is 15.4 Å². The lowest BCUT2D eigenvalue weighted by Crippen LogP contribution is -2.38. The fourth-order valence-corrected chi connectivity index (χ4v) is 1.70. The zero-order chi connectivity index (χ0) is 13.5. The van der Waals surface area contributed by atoms with Gasteiger partial charge in [0.15, 0.2) is 5.96 Å². The van der Waals surface area contributed by atoms with Crippen LogP contribution in [0.4, 0.5) is 0 Å². The lowest BCUT2D eigenvalue weighted by Gasteiger charge is -2.10. The van der Waals surface area contributed by atoms with Crippen LogP contribution in [-0.2, 0) is 6.54 Å². The van der Waals surface area contributed by atoms with Crippen molar-refractivity contribution in [1.82, 2.24) is 15.6 Å². The third-order valence-electron chi connectivity index (χ3n) is 3.03. The minimum Gasteiger partial charge on any atom is -0.481 e. The first-order valence-electron chi connectivity index (χ1n) is 6.83. The number of aliphatic imine (C=N–C) groups is 1. The second-order valence-electron chi connectivity index (χ2n) is 4.73. The summed E-state index contributed by atoms with van der Waals surface area (Å²) in [4.78, 5) is 8.73. The summed E-state index contributed by atoms with van der Waals surface area (Å²) in [6, 6.07) is 3.84. The summed E-state index contributed by atoms with van der Waals surface area (Å²) in [6.45, 7) is 4.59. The Morgan fingerprint density at radius 1 is 1.40 bits per heavy atom.